The Labute approximate surface area is 78.3 Å². The van der Waals surface area contributed by atoms with Crippen LogP contribution in [0.4, 0.5) is 0 Å². The summed E-state index contributed by atoms with van der Waals surface area (Å²) in [6, 6.07) is 0. The Morgan fingerprint density at radius 1 is 1.77 bits per heavy atom. The van der Waals surface area contributed by atoms with Gasteiger partial charge in [0, 0.05) is 13.2 Å². The third-order valence-corrected chi connectivity index (χ3v) is 2.28. The van der Waals surface area contributed by atoms with Crippen molar-refractivity contribution >= 4 is 5.91 Å². The lowest BCUT2D eigenvalue weighted by atomic mass is 10.0. The second kappa shape index (κ2) is 4.58. The molecule has 1 saturated heterocycles. The highest BCUT2D eigenvalue weighted by Gasteiger charge is 2.30. The number of aliphatic hydroxyl groups is 1. The van der Waals surface area contributed by atoms with Gasteiger partial charge in [-0.25, -0.2) is 0 Å². The van der Waals surface area contributed by atoms with Gasteiger partial charge >= 0.3 is 0 Å². The number of carbonyl (C=O) groups is 1. The lowest BCUT2D eigenvalue weighted by molar-refractivity contribution is -0.126. The number of amides is 1. The lowest BCUT2D eigenvalue weighted by Gasteiger charge is -2.14. The molecular formula is C9H17NO3. The van der Waals surface area contributed by atoms with E-state index in [1.807, 2.05) is 6.92 Å². The summed E-state index contributed by atoms with van der Waals surface area (Å²) in [5.41, 5.74) is 0. The molecule has 0 saturated carbocycles. The van der Waals surface area contributed by atoms with Gasteiger partial charge in [-0.1, -0.05) is 0 Å². The van der Waals surface area contributed by atoms with E-state index in [2.05, 4.69) is 5.32 Å². The molecule has 0 aromatic heterocycles. The first-order valence-corrected chi connectivity index (χ1v) is 4.68. The van der Waals surface area contributed by atoms with Gasteiger partial charge in [-0.2, -0.15) is 0 Å². The molecule has 76 valence electrons. The smallest absolute Gasteiger partial charge is 0.225 e. The zero-order valence-electron chi connectivity index (χ0n) is 8.12. The fourth-order valence-electron chi connectivity index (χ4n) is 1.46. The van der Waals surface area contributed by atoms with Crippen LogP contribution in [0, 0.1) is 5.92 Å². The lowest BCUT2D eigenvalue weighted by Crippen LogP contribution is -2.37. The maximum atomic E-state index is 11.5. The van der Waals surface area contributed by atoms with Crippen LogP contribution < -0.4 is 5.32 Å². The van der Waals surface area contributed by atoms with E-state index in [1.165, 1.54) is 0 Å². The highest BCUT2D eigenvalue weighted by molar-refractivity contribution is 5.79. The molecule has 0 aromatic carbocycles. The molecule has 0 radical (unpaired) electrons. The number of ether oxygens (including phenoxy) is 1. The van der Waals surface area contributed by atoms with E-state index < -0.39 is 6.10 Å². The van der Waals surface area contributed by atoms with Gasteiger partial charge in [-0.3, -0.25) is 4.79 Å². The van der Waals surface area contributed by atoms with Crippen LogP contribution in [0.3, 0.4) is 0 Å². The van der Waals surface area contributed by atoms with E-state index in [0.29, 0.717) is 13.2 Å². The average Bonchev–Trinajstić information content (AvgIpc) is 2.47. The Morgan fingerprint density at radius 3 is 2.92 bits per heavy atom. The van der Waals surface area contributed by atoms with Gasteiger partial charge in [0.15, 0.2) is 0 Å². The molecule has 3 atom stereocenters. The van der Waals surface area contributed by atoms with Gasteiger partial charge in [0.2, 0.25) is 5.91 Å². The summed E-state index contributed by atoms with van der Waals surface area (Å²) in [6.07, 6.45) is 0.308. The molecule has 1 amide bonds. The predicted molar refractivity (Wildman–Crippen MR) is 48.2 cm³/mol. The summed E-state index contributed by atoms with van der Waals surface area (Å²) in [6.45, 7) is 4.53. The second-order valence-corrected chi connectivity index (χ2v) is 3.57. The largest absolute Gasteiger partial charge is 0.392 e. The Kier molecular flexibility index (Phi) is 3.69. The van der Waals surface area contributed by atoms with Crippen molar-refractivity contribution in [2.75, 3.05) is 13.2 Å². The van der Waals surface area contributed by atoms with Crippen LogP contribution in [0.25, 0.3) is 0 Å². The molecule has 0 aliphatic carbocycles. The number of aliphatic hydroxyl groups excluding tert-OH is 1. The summed E-state index contributed by atoms with van der Waals surface area (Å²) in [7, 11) is 0. The maximum Gasteiger partial charge on any atom is 0.225 e. The monoisotopic (exact) mass is 187 g/mol. The molecule has 2 N–H and O–H groups in total. The Balaban J connectivity index is 2.30. The summed E-state index contributed by atoms with van der Waals surface area (Å²) in [5, 5.41) is 11.6. The van der Waals surface area contributed by atoms with Gasteiger partial charge in [0.1, 0.15) is 0 Å². The van der Waals surface area contributed by atoms with E-state index in [4.69, 9.17) is 9.84 Å². The van der Waals surface area contributed by atoms with E-state index in [9.17, 15) is 4.79 Å². The first-order valence-electron chi connectivity index (χ1n) is 4.68. The molecule has 1 aliphatic rings. The second-order valence-electron chi connectivity index (χ2n) is 3.57. The molecule has 4 nitrogen and oxygen atoms in total. The minimum atomic E-state index is -0.485. The fourth-order valence-corrected chi connectivity index (χ4v) is 1.46. The number of hydrogen-bond acceptors (Lipinski definition) is 3. The van der Waals surface area contributed by atoms with Crippen molar-refractivity contribution in [2.24, 2.45) is 5.92 Å². The number of rotatable bonds is 3. The zero-order chi connectivity index (χ0) is 9.84. The van der Waals surface area contributed by atoms with Gasteiger partial charge in [-0.15, -0.1) is 0 Å². The molecule has 1 fully saturated rings. The quantitative estimate of drug-likeness (QED) is 0.649. The maximum absolute atomic E-state index is 11.5. The van der Waals surface area contributed by atoms with Gasteiger partial charge in [-0.05, 0) is 20.3 Å². The van der Waals surface area contributed by atoms with E-state index in [-0.39, 0.29) is 17.9 Å². The van der Waals surface area contributed by atoms with Crippen molar-refractivity contribution in [3.63, 3.8) is 0 Å². The van der Waals surface area contributed by atoms with Gasteiger partial charge in [0.25, 0.3) is 0 Å². The van der Waals surface area contributed by atoms with Crippen LogP contribution in [-0.4, -0.2) is 36.4 Å². The SMILES string of the molecule is CC(O)CNC(=O)C1CCOC1C. The number of nitrogens with one attached hydrogen (secondary N) is 1. The van der Waals surface area contributed by atoms with Gasteiger partial charge in [0.05, 0.1) is 18.1 Å². The average molecular weight is 187 g/mol. The Hall–Kier alpha value is -0.610. The molecule has 0 bridgehead atoms. The molecule has 0 spiro atoms. The van der Waals surface area contributed by atoms with Crippen molar-refractivity contribution in [1.29, 1.82) is 0 Å². The van der Waals surface area contributed by atoms with Gasteiger partial charge < -0.3 is 15.2 Å². The molecule has 13 heavy (non-hydrogen) atoms. The van der Waals surface area contributed by atoms with E-state index in [0.717, 1.165) is 6.42 Å². The van der Waals surface area contributed by atoms with Crippen LogP contribution in [0.5, 0.6) is 0 Å². The molecule has 1 aliphatic heterocycles. The third-order valence-electron chi connectivity index (χ3n) is 2.28. The summed E-state index contributed by atoms with van der Waals surface area (Å²) < 4.78 is 5.27. The van der Waals surface area contributed by atoms with Crippen molar-refractivity contribution in [3.05, 3.63) is 0 Å². The molecule has 4 heteroatoms. The Morgan fingerprint density at radius 2 is 2.46 bits per heavy atom. The standard InChI is InChI=1S/C9H17NO3/c1-6(11)5-10-9(12)8-3-4-13-7(8)2/h6-8,11H,3-5H2,1-2H3,(H,10,12). The van der Waals surface area contributed by atoms with Crippen molar-refractivity contribution < 1.29 is 14.6 Å². The van der Waals surface area contributed by atoms with Crippen molar-refractivity contribution in [2.45, 2.75) is 32.5 Å². The number of carbonyl (C=O) groups excluding carboxylic acids is 1. The predicted octanol–water partition coefficient (Wildman–Crippen LogP) is -0.0916. The van der Waals surface area contributed by atoms with Crippen LogP contribution in [0.1, 0.15) is 20.3 Å². The van der Waals surface area contributed by atoms with Crippen molar-refractivity contribution in [1.82, 2.24) is 5.32 Å². The molecule has 3 unspecified atom stereocenters. The van der Waals surface area contributed by atoms with Crippen LogP contribution in [0.15, 0.2) is 0 Å². The number of hydrogen-bond donors (Lipinski definition) is 2. The molecule has 1 rings (SSSR count). The molecular weight excluding hydrogens is 170 g/mol. The summed E-state index contributed by atoms with van der Waals surface area (Å²) in [5.74, 6) is -0.0512. The third kappa shape index (κ3) is 2.97. The van der Waals surface area contributed by atoms with Crippen LogP contribution in [-0.2, 0) is 9.53 Å². The highest BCUT2D eigenvalue weighted by atomic mass is 16.5. The molecule has 1 heterocycles. The highest BCUT2D eigenvalue weighted by Crippen LogP contribution is 2.20. The first-order chi connectivity index (χ1) is 6.11. The topological polar surface area (TPSA) is 58.6 Å². The van der Waals surface area contributed by atoms with Crippen molar-refractivity contribution in [3.8, 4) is 0 Å². The van der Waals surface area contributed by atoms with Crippen LogP contribution in [0.2, 0.25) is 0 Å². The first kappa shape index (κ1) is 10.5. The van der Waals surface area contributed by atoms with E-state index in [1.54, 1.807) is 6.92 Å². The minimum absolute atomic E-state index is 0.00833. The molecule has 0 aromatic rings. The summed E-state index contributed by atoms with van der Waals surface area (Å²) in [4.78, 5) is 11.5. The fraction of sp³-hybridized carbons (Fsp3) is 0.889. The summed E-state index contributed by atoms with van der Waals surface area (Å²) >= 11 is 0. The normalized spacial score (nSPS) is 30.1. The minimum Gasteiger partial charge on any atom is -0.392 e. The van der Waals surface area contributed by atoms with Crippen LogP contribution >= 0.6 is 0 Å². The zero-order valence-corrected chi connectivity index (χ0v) is 8.12. The van der Waals surface area contributed by atoms with E-state index >= 15 is 0 Å². The Bertz CT molecular complexity index is 182.